The predicted molar refractivity (Wildman–Crippen MR) is 91.5 cm³/mol. The van der Waals surface area contributed by atoms with Gasteiger partial charge in [-0.2, -0.15) is 0 Å². The van der Waals surface area contributed by atoms with Gasteiger partial charge in [-0.3, -0.25) is 4.79 Å². The van der Waals surface area contributed by atoms with E-state index in [0.29, 0.717) is 24.3 Å². The highest BCUT2D eigenvalue weighted by Crippen LogP contribution is 2.31. The number of ether oxygens (including phenoxy) is 1. The Labute approximate surface area is 131 Å². The molecular formula is C20H20O2. The first kappa shape index (κ1) is 15.8. The standard InChI is InChI=1S/C20H20O2/c1-4-8-17-11-18(16-9-6-5-7-10-16)12-19(13-21)20(17)22-14-15(2)3/h4-7,9-13H,1-2,8,14H2,3H3. The molecule has 2 nitrogen and oxygen atoms in total. The molecule has 2 aromatic rings. The molecule has 0 aliphatic carbocycles. The molecule has 0 aliphatic heterocycles. The molecule has 22 heavy (non-hydrogen) atoms. The molecule has 2 rings (SSSR count). The van der Waals surface area contributed by atoms with Crippen LogP contribution in [-0.4, -0.2) is 12.9 Å². The summed E-state index contributed by atoms with van der Waals surface area (Å²) in [5.74, 6) is 0.623. The number of carbonyl (C=O) groups is 1. The van der Waals surface area contributed by atoms with Crippen molar-refractivity contribution in [2.45, 2.75) is 13.3 Å². The van der Waals surface area contributed by atoms with Crippen molar-refractivity contribution in [3.05, 3.63) is 78.4 Å². The van der Waals surface area contributed by atoms with Gasteiger partial charge in [0.2, 0.25) is 0 Å². The number of allylic oxidation sites excluding steroid dienone is 1. The first-order valence-corrected chi connectivity index (χ1v) is 7.21. The zero-order valence-electron chi connectivity index (χ0n) is 12.8. The molecule has 0 saturated carbocycles. The zero-order valence-corrected chi connectivity index (χ0v) is 12.8. The first-order valence-electron chi connectivity index (χ1n) is 7.21. The molecule has 0 spiro atoms. The SMILES string of the molecule is C=CCc1cc(-c2ccccc2)cc(C=O)c1OCC(=C)C. The maximum Gasteiger partial charge on any atom is 0.153 e. The van der Waals surface area contributed by atoms with Crippen LogP contribution in [0.3, 0.4) is 0 Å². The molecule has 0 saturated heterocycles. The highest BCUT2D eigenvalue weighted by Gasteiger charge is 2.12. The van der Waals surface area contributed by atoms with Crippen LogP contribution >= 0.6 is 0 Å². The van der Waals surface area contributed by atoms with E-state index in [0.717, 1.165) is 28.5 Å². The second-order valence-electron chi connectivity index (χ2n) is 5.28. The van der Waals surface area contributed by atoms with Crippen LogP contribution in [0, 0.1) is 0 Å². The van der Waals surface area contributed by atoms with Gasteiger partial charge in [0.1, 0.15) is 12.4 Å². The van der Waals surface area contributed by atoms with Gasteiger partial charge in [-0.25, -0.2) is 0 Å². The number of hydrogen-bond acceptors (Lipinski definition) is 2. The van der Waals surface area contributed by atoms with Crippen LogP contribution in [0.2, 0.25) is 0 Å². The Balaban J connectivity index is 2.51. The molecular weight excluding hydrogens is 272 g/mol. The number of benzene rings is 2. The van der Waals surface area contributed by atoms with Crippen LogP contribution in [-0.2, 0) is 6.42 Å². The number of aldehydes is 1. The van der Waals surface area contributed by atoms with Gasteiger partial charge in [0, 0.05) is 0 Å². The van der Waals surface area contributed by atoms with Crippen LogP contribution < -0.4 is 4.74 Å². The normalized spacial score (nSPS) is 10.0. The van der Waals surface area contributed by atoms with Gasteiger partial charge in [-0.05, 0) is 47.7 Å². The molecule has 0 heterocycles. The van der Waals surface area contributed by atoms with Gasteiger partial charge in [-0.15, -0.1) is 6.58 Å². The number of hydrogen-bond donors (Lipinski definition) is 0. The fourth-order valence-corrected chi connectivity index (χ4v) is 2.28. The van der Waals surface area contributed by atoms with E-state index >= 15 is 0 Å². The van der Waals surface area contributed by atoms with Crippen molar-refractivity contribution >= 4 is 6.29 Å². The summed E-state index contributed by atoms with van der Waals surface area (Å²) in [6, 6.07) is 13.9. The fraction of sp³-hybridized carbons (Fsp3) is 0.150. The molecule has 0 fully saturated rings. The lowest BCUT2D eigenvalue weighted by Gasteiger charge is -2.15. The third-order valence-electron chi connectivity index (χ3n) is 3.26. The number of carbonyl (C=O) groups excluding carboxylic acids is 1. The van der Waals surface area contributed by atoms with Crippen LogP contribution in [0.4, 0.5) is 0 Å². The Morgan fingerprint density at radius 1 is 1.18 bits per heavy atom. The molecule has 0 bridgehead atoms. The van der Waals surface area contributed by atoms with E-state index in [1.54, 1.807) is 0 Å². The van der Waals surface area contributed by atoms with Crippen LogP contribution in [0.1, 0.15) is 22.8 Å². The van der Waals surface area contributed by atoms with E-state index < -0.39 is 0 Å². The summed E-state index contributed by atoms with van der Waals surface area (Å²) in [6.45, 7) is 9.92. The van der Waals surface area contributed by atoms with Crippen molar-refractivity contribution in [3.8, 4) is 16.9 Å². The Hall–Kier alpha value is -2.61. The van der Waals surface area contributed by atoms with E-state index in [1.807, 2.05) is 49.4 Å². The monoisotopic (exact) mass is 292 g/mol. The quantitative estimate of drug-likeness (QED) is 0.538. The molecule has 0 aliphatic rings. The lowest BCUT2D eigenvalue weighted by atomic mass is 9.97. The topological polar surface area (TPSA) is 26.3 Å². The van der Waals surface area contributed by atoms with Crippen molar-refractivity contribution in [1.29, 1.82) is 0 Å². The second kappa shape index (κ2) is 7.41. The smallest absolute Gasteiger partial charge is 0.153 e. The lowest BCUT2D eigenvalue weighted by molar-refractivity contribution is 0.112. The maximum atomic E-state index is 11.5. The van der Waals surface area contributed by atoms with Crippen LogP contribution in [0.15, 0.2) is 67.3 Å². The minimum atomic E-state index is 0.398. The zero-order chi connectivity index (χ0) is 15.9. The summed E-state index contributed by atoms with van der Waals surface area (Å²) in [4.78, 5) is 11.5. The van der Waals surface area contributed by atoms with E-state index in [2.05, 4.69) is 19.2 Å². The van der Waals surface area contributed by atoms with Gasteiger partial charge in [0.25, 0.3) is 0 Å². The van der Waals surface area contributed by atoms with Crippen LogP contribution in [0.5, 0.6) is 5.75 Å². The van der Waals surface area contributed by atoms with Crippen molar-refractivity contribution in [1.82, 2.24) is 0 Å². The fourth-order valence-electron chi connectivity index (χ4n) is 2.28. The summed E-state index contributed by atoms with van der Waals surface area (Å²) in [6.07, 6.45) is 3.30. The molecule has 112 valence electrons. The minimum Gasteiger partial charge on any atom is -0.488 e. The van der Waals surface area contributed by atoms with Gasteiger partial charge in [-0.1, -0.05) is 43.0 Å². The summed E-state index contributed by atoms with van der Waals surface area (Å²) >= 11 is 0. The van der Waals surface area contributed by atoms with Gasteiger partial charge < -0.3 is 4.74 Å². The largest absolute Gasteiger partial charge is 0.488 e. The van der Waals surface area contributed by atoms with E-state index in [1.165, 1.54) is 0 Å². The van der Waals surface area contributed by atoms with Crippen molar-refractivity contribution in [2.75, 3.05) is 6.61 Å². The third-order valence-corrected chi connectivity index (χ3v) is 3.26. The maximum absolute atomic E-state index is 11.5. The number of rotatable bonds is 7. The highest BCUT2D eigenvalue weighted by atomic mass is 16.5. The molecule has 0 atom stereocenters. The van der Waals surface area contributed by atoms with Crippen molar-refractivity contribution < 1.29 is 9.53 Å². The Morgan fingerprint density at radius 2 is 1.91 bits per heavy atom. The minimum absolute atomic E-state index is 0.398. The molecule has 0 aromatic heterocycles. The van der Waals surface area contributed by atoms with E-state index in [9.17, 15) is 4.79 Å². The summed E-state index contributed by atoms with van der Waals surface area (Å²) in [5.41, 5.74) is 4.50. The van der Waals surface area contributed by atoms with Gasteiger partial charge >= 0.3 is 0 Å². The van der Waals surface area contributed by atoms with Gasteiger partial charge in [0.05, 0.1) is 5.56 Å². The average molecular weight is 292 g/mol. The Bertz CT molecular complexity index is 684. The Kier molecular flexibility index (Phi) is 5.31. The first-order chi connectivity index (χ1) is 10.7. The second-order valence-corrected chi connectivity index (χ2v) is 5.28. The molecule has 0 N–H and O–H groups in total. The Morgan fingerprint density at radius 3 is 2.50 bits per heavy atom. The van der Waals surface area contributed by atoms with Crippen LogP contribution in [0.25, 0.3) is 11.1 Å². The molecule has 0 radical (unpaired) electrons. The molecule has 0 unspecified atom stereocenters. The van der Waals surface area contributed by atoms with Crippen molar-refractivity contribution in [2.24, 2.45) is 0 Å². The van der Waals surface area contributed by atoms with E-state index in [-0.39, 0.29) is 0 Å². The van der Waals surface area contributed by atoms with Crippen molar-refractivity contribution in [3.63, 3.8) is 0 Å². The molecule has 2 aromatic carbocycles. The molecule has 0 amide bonds. The average Bonchev–Trinajstić information content (AvgIpc) is 2.54. The summed E-state index contributed by atoms with van der Waals surface area (Å²) < 4.78 is 5.79. The van der Waals surface area contributed by atoms with Gasteiger partial charge in [0.15, 0.2) is 6.29 Å². The lowest BCUT2D eigenvalue weighted by Crippen LogP contribution is -2.04. The predicted octanol–water partition coefficient (Wildman–Crippen LogP) is 4.85. The summed E-state index contributed by atoms with van der Waals surface area (Å²) in [5, 5.41) is 0. The third kappa shape index (κ3) is 3.73. The van der Waals surface area contributed by atoms with E-state index in [4.69, 9.17) is 4.74 Å². The summed E-state index contributed by atoms with van der Waals surface area (Å²) in [7, 11) is 0. The molecule has 2 heteroatoms. The highest BCUT2D eigenvalue weighted by molar-refractivity contribution is 5.84.